The molecule has 0 spiro atoms. The fourth-order valence-corrected chi connectivity index (χ4v) is 0.804. The van der Waals surface area contributed by atoms with Crippen molar-refractivity contribution >= 4 is 5.97 Å². The second-order valence-corrected chi connectivity index (χ2v) is 4.41. The van der Waals surface area contributed by atoms with Gasteiger partial charge in [-0.1, -0.05) is 0 Å². The van der Waals surface area contributed by atoms with E-state index in [0.717, 1.165) is 0 Å². The molecule has 0 rings (SSSR count). The molecule has 0 aliphatic heterocycles. The third-order valence-corrected chi connectivity index (χ3v) is 1.49. The molecule has 3 nitrogen and oxygen atoms in total. The molecule has 0 aromatic rings. The summed E-state index contributed by atoms with van der Waals surface area (Å²) in [6, 6.07) is 0. The van der Waals surface area contributed by atoms with Gasteiger partial charge in [-0.05, 0) is 27.7 Å². The average molecular weight is 242 g/mol. The molecule has 0 aliphatic rings. The summed E-state index contributed by atoms with van der Waals surface area (Å²) < 4.78 is 45.0. The number of hydrogen-bond donors (Lipinski definition) is 0. The molecule has 16 heavy (non-hydrogen) atoms. The molecule has 0 saturated heterocycles. The summed E-state index contributed by atoms with van der Waals surface area (Å²) in [6.45, 7) is 5.85. The van der Waals surface area contributed by atoms with Crippen molar-refractivity contribution in [2.24, 2.45) is 0 Å². The van der Waals surface area contributed by atoms with E-state index in [1.54, 1.807) is 20.8 Å². The fourth-order valence-electron chi connectivity index (χ4n) is 0.804. The van der Waals surface area contributed by atoms with Gasteiger partial charge in [-0.3, -0.25) is 0 Å². The molecule has 6 heteroatoms. The molecule has 1 unspecified atom stereocenters. The molecule has 0 N–H and O–H groups in total. The van der Waals surface area contributed by atoms with Gasteiger partial charge in [0.1, 0.15) is 5.60 Å². The van der Waals surface area contributed by atoms with Gasteiger partial charge < -0.3 is 9.47 Å². The summed E-state index contributed by atoms with van der Waals surface area (Å²) in [4.78, 5) is 11.3. The summed E-state index contributed by atoms with van der Waals surface area (Å²) in [5.41, 5.74) is -0.668. The van der Waals surface area contributed by atoms with E-state index in [4.69, 9.17) is 9.47 Å². The highest BCUT2D eigenvalue weighted by atomic mass is 19.4. The number of esters is 1. The molecule has 0 heterocycles. The second kappa shape index (κ2) is 5.52. The Bertz CT molecular complexity index is 230. The monoisotopic (exact) mass is 242 g/mol. The van der Waals surface area contributed by atoms with Crippen molar-refractivity contribution in [1.82, 2.24) is 0 Å². The van der Waals surface area contributed by atoms with Gasteiger partial charge in [0.15, 0.2) is 6.10 Å². The van der Waals surface area contributed by atoms with Crippen molar-refractivity contribution in [3.63, 3.8) is 0 Å². The maximum atomic E-state index is 11.8. The molecular weight excluding hydrogens is 225 g/mol. The van der Waals surface area contributed by atoms with Crippen LogP contribution in [0.25, 0.3) is 0 Å². The van der Waals surface area contributed by atoms with E-state index in [0.29, 0.717) is 0 Å². The Hall–Kier alpha value is -0.780. The molecule has 0 aliphatic carbocycles. The van der Waals surface area contributed by atoms with Crippen LogP contribution in [-0.4, -0.2) is 30.5 Å². The smallest absolute Gasteiger partial charge is 0.391 e. The highest BCUT2D eigenvalue weighted by Crippen LogP contribution is 2.19. The number of hydrogen-bond acceptors (Lipinski definition) is 3. The molecule has 1 atom stereocenters. The Balaban J connectivity index is 3.89. The highest BCUT2D eigenvalue weighted by Gasteiger charge is 2.28. The predicted octanol–water partition coefficient (Wildman–Crippen LogP) is 2.69. The fraction of sp³-hybridized carbons (Fsp3) is 0.900. The predicted molar refractivity (Wildman–Crippen MR) is 51.9 cm³/mol. The standard InChI is InChI=1S/C10H17F3O3/c1-7(8(14)16-9(2,3)4)15-6-5-10(11,12)13/h7H,5-6H2,1-4H3. The van der Waals surface area contributed by atoms with Crippen LogP contribution in [0.3, 0.4) is 0 Å². The number of halogens is 3. The summed E-state index contributed by atoms with van der Waals surface area (Å²) in [5, 5.41) is 0. The van der Waals surface area contributed by atoms with Crippen molar-refractivity contribution in [1.29, 1.82) is 0 Å². The third kappa shape index (κ3) is 8.52. The lowest BCUT2D eigenvalue weighted by Gasteiger charge is -2.22. The van der Waals surface area contributed by atoms with Gasteiger partial charge in [-0.25, -0.2) is 4.79 Å². The Morgan fingerprint density at radius 3 is 2.12 bits per heavy atom. The molecule has 0 aromatic heterocycles. The van der Waals surface area contributed by atoms with Crippen LogP contribution in [0.2, 0.25) is 0 Å². The van der Waals surface area contributed by atoms with Crippen LogP contribution in [0.1, 0.15) is 34.1 Å². The first-order valence-electron chi connectivity index (χ1n) is 4.92. The Morgan fingerprint density at radius 2 is 1.75 bits per heavy atom. The van der Waals surface area contributed by atoms with Gasteiger partial charge in [0.2, 0.25) is 0 Å². The number of alkyl halides is 3. The zero-order chi connectivity index (χ0) is 13.0. The zero-order valence-electron chi connectivity index (χ0n) is 9.85. The lowest BCUT2D eigenvalue weighted by molar-refractivity contribution is -0.174. The van der Waals surface area contributed by atoms with E-state index >= 15 is 0 Å². The summed E-state index contributed by atoms with van der Waals surface area (Å²) in [7, 11) is 0. The largest absolute Gasteiger partial charge is 0.458 e. The van der Waals surface area contributed by atoms with Crippen LogP contribution in [0.5, 0.6) is 0 Å². The Kier molecular flexibility index (Phi) is 5.25. The van der Waals surface area contributed by atoms with Gasteiger partial charge in [0.05, 0.1) is 13.0 Å². The van der Waals surface area contributed by atoms with E-state index < -0.39 is 36.9 Å². The van der Waals surface area contributed by atoms with Crippen molar-refractivity contribution < 1.29 is 27.4 Å². The quantitative estimate of drug-likeness (QED) is 0.711. The van der Waals surface area contributed by atoms with Gasteiger partial charge in [-0.2, -0.15) is 13.2 Å². The van der Waals surface area contributed by atoms with Gasteiger partial charge >= 0.3 is 12.1 Å². The highest BCUT2D eigenvalue weighted by molar-refractivity contribution is 5.74. The summed E-state index contributed by atoms with van der Waals surface area (Å²) in [5.74, 6) is -0.658. The van der Waals surface area contributed by atoms with E-state index in [1.807, 2.05) is 0 Å². The van der Waals surface area contributed by atoms with Crippen molar-refractivity contribution in [3.8, 4) is 0 Å². The van der Waals surface area contributed by atoms with E-state index in [-0.39, 0.29) is 0 Å². The molecule has 0 fully saturated rings. The van der Waals surface area contributed by atoms with Crippen LogP contribution in [0.4, 0.5) is 13.2 Å². The minimum atomic E-state index is -4.27. The van der Waals surface area contributed by atoms with Crippen LogP contribution in [0, 0.1) is 0 Å². The summed E-state index contributed by atoms with van der Waals surface area (Å²) >= 11 is 0. The minimum Gasteiger partial charge on any atom is -0.458 e. The van der Waals surface area contributed by atoms with Crippen molar-refractivity contribution in [2.45, 2.75) is 52.0 Å². The van der Waals surface area contributed by atoms with E-state index in [1.165, 1.54) is 6.92 Å². The van der Waals surface area contributed by atoms with Crippen molar-refractivity contribution in [3.05, 3.63) is 0 Å². The average Bonchev–Trinajstić information content (AvgIpc) is 1.98. The van der Waals surface area contributed by atoms with Crippen LogP contribution >= 0.6 is 0 Å². The topological polar surface area (TPSA) is 35.5 Å². The number of carbonyl (C=O) groups is 1. The molecule has 0 radical (unpaired) electrons. The first-order valence-corrected chi connectivity index (χ1v) is 4.92. The first-order chi connectivity index (χ1) is 7.01. The maximum Gasteiger partial charge on any atom is 0.391 e. The van der Waals surface area contributed by atoms with E-state index in [2.05, 4.69) is 0 Å². The molecule has 96 valence electrons. The number of rotatable bonds is 4. The number of ether oxygens (including phenoxy) is 2. The normalized spacial score (nSPS) is 14.7. The lowest BCUT2D eigenvalue weighted by Crippen LogP contribution is -2.32. The SMILES string of the molecule is CC(OCCC(F)(F)F)C(=O)OC(C)(C)C. The first kappa shape index (κ1) is 15.2. The molecular formula is C10H17F3O3. The Morgan fingerprint density at radius 1 is 1.25 bits per heavy atom. The zero-order valence-corrected chi connectivity index (χ0v) is 9.85. The second-order valence-electron chi connectivity index (χ2n) is 4.41. The van der Waals surface area contributed by atoms with E-state index in [9.17, 15) is 18.0 Å². The molecule has 0 saturated carbocycles. The van der Waals surface area contributed by atoms with Crippen LogP contribution in [-0.2, 0) is 14.3 Å². The van der Waals surface area contributed by atoms with Crippen LogP contribution < -0.4 is 0 Å². The molecule has 0 bridgehead atoms. The number of carbonyl (C=O) groups excluding carboxylic acids is 1. The maximum absolute atomic E-state index is 11.8. The lowest BCUT2D eigenvalue weighted by atomic mass is 10.2. The molecule has 0 amide bonds. The van der Waals surface area contributed by atoms with Crippen LogP contribution in [0.15, 0.2) is 0 Å². The third-order valence-electron chi connectivity index (χ3n) is 1.49. The van der Waals surface area contributed by atoms with Gasteiger partial charge in [0, 0.05) is 0 Å². The molecule has 0 aromatic carbocycles. The minimum absolute atomic E-state index is 0.538. The Labute approximate surface area is 92.9 Å². The van der Waals surface area contributed by atoms with Gasteiger partial charge in [-0.15, -0.1) is 0 Å². The van der Waals surface area contributed by atoms with Crippen molar-refractivity contribution in [2.75, 3.05) is 6.61 Å². The van der Waals surface area contributed by atoms with Gasteiger partial charge in [0.25, 0.3) is 0 Å². The summed E-state index contributed by atoms with van der Waals surface area (Å²) in [6.07, 6.45) is -6.32.